The van der Waals surface area contributed by atoms with Crippen LogP contribution in [0.1, 0.15) is 18.9 Å². The summed E-state index contributed by atoms with van der Waals surface area (Å²) in [4.78, 5) is 8.32. The lowest BCUT2D eigenvalue weighted by atomic mass is 10.3. The fourth-order valence-corrected chi connectivity index (χ4v) is 2.04. The van der Waals surface area contributed by atoms with Crippen LogP contribution in [0.5, 0.6) is 0 Å². The Kier molecular flexibility index (Phi) is 5.97. The summed E-state index contributed by atoms with van der Waals surface area (Å²) < 4.78 is 24.2. The zero-order chi connectivity index (χ0) is 14.3. The Morgan fingerprint density at radius 1 is 1.16 bits per heavy atom. The fraction of sp³-hybridized carbons (Fsp3) is 0.636. The SMILES string of the molecule is CCNc1ncnc(NCCCNS(C)(=O)=O)c1C. The third-order valence-corrected chi connectivity index (χ3v) is 3.17. The first-order valence-corrected chi connectivity index (χ1v) is 8.07. The van der Waals surface area contributed by atoms with Crippen LogP contribution >= 0.6 is 0 Å². The molecule has 8 heteroatoms. The van der Waals surface area contributed by atoms with Crippen molar-refractivity contribution < 1.29 is 8.42 Å². The lowest BCUT2D eigenvalue weighted by Gasteiger charge is -2.11. The first-order chi connectivity index (χ1) is 8.94. The summed E-state index contributed by atoms with van der Waals surface area (Å²) in [7, 11) is -3.10. The molecule has 1 heterocycles. The second-order valence-electron chi connectivity index (χ2n) is 4.17. The second-order valence-corrected chi connectivity index (χ2v) is 6.01. The van der Waals surface area contributed by atoms with Crippen LogP contribution in [0, 0.1) is 6.92 Å². The number of hydrogen-bond donors (Lipinski definition) is 3. The van der Waals surface area contributed by atoms with Gasteiger partial charge in [0.15, 0.2) is 0 Å². The van der Waals surface area contributed by atoms with Gasteiger partial charge in [0.25, 0.3) is 0 Å². The first kappa shape index (κ1) is 15.6. The van der Waals surface area contributed by atoms with Gasteiger partial charge in [-0.1, -0.05) is 0 Å². The van der Waals surface area contributed by atoms with Gasteiger partial charge in [0.1, 0.15) is 18.0 Å². The number of nitrogens with one attached hydrogen (secondary N) is 3. The van der Waals surface area contributed by atoms with Crippen LogP contribution in [0.15, 0.2) is 6.33 Å². The van der Waals surface area contributed by atoms with Crippen LogP contribution in [-0.4, -0.2) is 44.3 Å². The van der Waals surface area contributed by atoms with E-state index in [1.807, 2.05) is 13.8 Å². The molecule has 0 radical (unpaired) electrons. The monoisotopic (exact) mass is 287 g/mol. The average molecular weight is 287 g/mol. The molecular weight excluding hydrogens is 266 g/mol. The molecule has 0 aromatic carbocycles. The number of nitrogens with zero attached hydrogens (tertiary/aromatic N) is 2. The van der Waals surface area contributed by atoms with Crippen LogP contribution in [0.2, 0.25) is 0 Å². The summed E-state index contributed by atoms with van der Waals surface area (Å²) in [6.45, 7) is 5.80. The van der Waals surface area contributed by atoms with Crippen LogP contribution in [-0.2, 0) is 10.0 Å². The van der Waals surface area contributed by atoms with Crippen molar-refractivity contribution in [3.8, 4) is 0 Å². The Labute approximate surface area is 114 Å². The molecule has 0 aliphatic heterocycles. The van der Waals surface area contributed by atoms with E-state index in [9.17, 15) is 8.42 Å². The maximum absolute atomic E-state index is 10.9. The number of hydrogen-bond acceptors (Lipinski definition) is 6. The molecule has 108 valence electrons. The zero-order valence-electron chi connectivity index (χ0n) is 11.5. The Bertz CT molecular complexity index is 504. The fourth-order valence-electron chi connectivity index (χ4n) is 1.53. The van der Waals surface area contributed by atoms with E-state index in [0.29, 0.717) is 19.5 Å². The van der Waals surface area contributed by atoms with E-state index < -0.39 is 10.0 Å². The van der Waals surface area contributed by atoms with Gasteiger partial charge in [-0.25, -0.2) is 23.1 Å². The van der Waals surface area contributed by atoms with Gasteiger partial charge in [0.2, 0.25) is 10.0 Å². The molecular formula is C11H21N5O2S. The minimum atomic E-state index is -3.10. The predicted molar refractivity (Wildman–Crippen MR) is 76.9 cm³/mol. The quantitative estimate of drug-likeness (QED) is 0.605. The molecule has 0 fully saturated rings. The van der Waals surface area contributed by atoms with E-state index in [1.54, 1.807) is 0 Å². The normalized spacial score (nSPS) is 11.3. The van der Waals surface area contributed by atoms with Gasteiger partial charge >= 0.3 is 0 Å². The number of rotatable bonds is 8. The zero-order valence-corrected chi connectivity index (χ0v) is 12.3. The Balaban J connectivity index is 2.43. The van der Waals surface area contributed by atoms with Crippen molar-refractivity contribution in [2.24, 2.45) is 0 Å². The highest BCUT2D eigenvalue weighted by Crippen LogP contribution is 2.17. The van der Waals surface area contributed by atoms with Gasteiger partial charge < -0.3 is 10.6 Å². The summed E-state index contributed by atoms with van der Waals surface area (Å²) in [6.07, 6.45) is 3.34. The van der Waals surface area contributed by atoms with E-state index >= 15 is 0 Å². The lowest BCUT2D eigenvalue weighted by molar-refractivity contribution is 0.586. The molecule has 0 saturated carbocycles. The molecule has 0 spiro atoms. The van der Waals surface area contributed by atoms with Crippen molar-refractivity contribution in [1.82, 2.24) is 14.7 Å². The molecule has 0 aliphatic carbocycles. The van der Waals surface area contributed by atoms with E-state index in [0.717, 1.165) is 30.0 Å². The molecule has 1 aromatic rings. The molecule has 0 atom stereocenters. The van der Waals surface area contributed by atoms with Crippen molar-refractivity contribution in [1.29, 1.82) is 0 Å². The van der Waals surface area contributed by atoms with E-state index in [4.69, 9.17) is 0 Å². The Hall–Kier alpha value is -1.41. The highest BCUT2D eigenvalue weighted by Gasteiger charge is 2.05. The number of anilines is 2. The summed E-state index contributed by atoms with van der Waals surface area (Å²) in [6, 6.07) is 0. The minimum absolute atomic E-state index is 0.413. The van der Waals surface area contributed by atoms with Gasteiger partial charge in [-0.2, -0.15) is 0 Å². The maximum Gasteiger partial charge on any atom is 0.208 e. The van der Waals surface area contributed by atoms with E-state index in [2.05, 4.69) is 25.3 Å². The maximum atomic E-state index is 10.9. The molecule has 1 rings (SSSR count). The molecule has 0 aliphatic rings. The van der Waals surface area contributed by atoms with Crippen molar-refractivity contribution in [3.05, 3.63) is 11.9 Å². The molecule has 0 amide bonds. The van der Waals surface area contributed by atoms with Gasteiger partial charge in [0.05, 0.1) is 6.26 Å². The Morgan fingerprint density at radius 3 is 2.37 bits per heavy atom. The molecule has 0 unspecified atom stereocenters. The molecule has 19 heavy (non-hydrogen) atoms. The van der Waals surface area contributed by atoms with Crippen molar-refractivity contribution in [2.45, 2.75) is 20.3 Å². The second kappa shape index (κ2) is 7.25. The summed E-state index contributed by atoms with van der Waals surface area (Å²) >= 11 is 0. The topological polar surface area (TPSA) is 96.0 Å². The summed E-state index contributed by atoms with van der Waals surface area (Å²) in [5.41, 5.74) is 0.959. The standard InChI is InChI=1S/C11H21N5O2S/c1-4-12-10-9(2)11(15-8-14-10)13-6-5-7-16-19(3,17)18/h8,16H,4-7H2,1-3H3,(H2,12,13,14,15). The van der Waals surface area contributed by atoms with E-state index in [-0.39, 0.29) is 0 Å². The van der Waals surface area contributed by atoms with Gasteiger partial charge in [0, 0.05) is 25.2 Å². The highest BCUT2D eigenvalue weighted by atomic mass is 32.2. The Morgan fingerprint density at radius 2 is 1.79 bits per heavy atom. The van der Waals surface area contributed by atoms with Crippen LogP contribution < -0.4 is 15.4 Å². The number of sulfonamides is 1. The smallest absolute Gasteiger partial charge is 0.208 e. The summed E-state index contributed by atoms with van der Waals surface area (Å²) in [5, 5.41) is 6.33. The van der Waals surface area contributed by atoms with Crippen LogP contribution in [0.4, 0.5) is 11.6 Å². The average Bonchev–Trinajstić information content (AvgIpc) is 2.32. The van der Waals surface area contributed by atoms with Crippen LogP contribution in [0.25, 0.3) is 0 Å². The van der Waals surface area contributed by atoms with E-state index in [1.165, 1.54) is 6.33 Å². The molecule has 7 nitrogen and oxygen atoms in total. The first-order valence-electron chi connectivity index (χ1n) is 6.18. The van der Waals surface area contributed by atoms with Crippen molar-refractivity contribution in [3.63, 3.8) is 0 Å². The van der Waals surface area contributed by atoms with Crippen molar-refractivity contribution in [2.75, 3.05) is 36.5 Å². The van der Waals surface area contributed by atoms with Crippen LogP contribution in [0.3, 0.4) is 0 Å². The molecule has 0 saturated heterocycles. The summed E-state index contributed by atoms with van der Waals surface area (Å²) in [5.74, 6) is 1.58. The number of aromatic nitrogens is 2. The third kappa shape index (κ3) is 5.84. The third-order valence-electron chi connectivity index (χ3n) is 2.44. The van der Waals surface area contributed by atoms with Gasteiger partial charge in [-0.05, 0) is 20.3 Å². The molecule has 1 aromatic heterocycles. The molecule has 0 bridgehead atoms. The largest absolute Gasteiger partial charge is 0.370 e. The minimum Gasteiger partial charge on any atom is -0.370 e. The molecule has 3 N–H and O–H groups in total. The predicted octanol–water partition coefficient (Wildman–Crippen LogP) is 0.568. The van der Waals surface area contributed by atoms with Crippen molar-refractivity contribution >= 4 is 21.7 Å². The van der Waals surface area contributed by atoms with Gasteiger partial charge in [-0.3, -0.25) is 0 Å². The lowest BCUT2D eigenvalue weighted by Crippen LogP contribution is -2.24. The van der Waals surface area contributed by atoms with Gasteiger partial charge in [-0.15, -0.1) is 0 Å². The highest BCUT2D eigenvalue weighted by molar-refractivity contribution is 7.88.